The first-order chi connectivity index (χ1) is 9.80. The van der Waals surface area contributed by atoms with Crippen molar-refractivity contribution in [2.24, 2.45) is 0 Å². The summed E-state index contributed by atoms with van der Waals surface area (Å²) in [5, 5.41) is 9.32. The van der Waals surface area contributed by atoms with Crippen molar-refractivity contribution in [3.05, 3.63) is 34.9 Å². The van der Waals surface area contributed by atoms with Crippen molar-refractivity contribution in [1.82, 2.24) is 4.90 Å². The van der Waals surface area contributed by atoms with Crippen molar-refractivity contribution in [2.45, 2.75) is 39.4 Å². The molecule has 1 aromatic carbocycles. The Morgan fingerprint density at radius 3 is 2.71 bits per heavy atom. The molecular weight excluding hydrogens is 266 g/mol. The summed E-state index contributed by atoms with van der Waals surface area (Å²) in [6, 6.07) is 5.83. The smallest absolute Gasteiger partial charge is 0.176 e. The van der Waals surface area contributed by atoms with E-state index in [1.165, 1.54) is 5.56 Å². The molecule has 4 nitrogen and oxygen atoms in total. The second-order valence-electron chi connectivity index (χ2n) is 6.57. The fourth-order valence-corrected chi connectivity index (χ4v) is 2.84. The Bertz CT molecular complexity index is 525. The van der Waals surface area contributed by atoms with Crippen LogP contribution >= 0.6 is 0 Å². The van der Waals surface area contributed by atoms with Crippen LogP contribution in [-0.4, -0.2) is 53.7 Å². The molecule has 0 aromatic heterocycles. The van der Waals surface area contributed by atoms with E-state index in [2.05, 4.69) is 4.90 Å². The number of benzene rings is 1. The summed E-state index contributed by atoms with van der Waals surface area (Å²) in [6.45, 7) is 9.68. The number of ether oxygens (including phenoxy) is 1. The minimum Gasteiger partial charge on any atom is -0.394 e. The zero-order valence-corrected chi connectivity index (χ0v) is 13.3. The Hall–Kier alpha value is -1.23. The van der Waals surface area contributed by atoms with Crippen molar-refractivity contribution in [2.75, 3.05) is 26.2 Å². The Morgan fingerprint density at radius 2 is 2.10 bits per heavy atom. The number of aliphatic hydroxyl groups excluding tert-OH is 1. The molecule has 1 heterocycles. The van der Waals surface area contributed by atoms with Gasteiger partial charge in [-0.25, -0.2) is 0 Å². The van der Waals surface area contributed by atoms with Crippen LogP contribution in [0.3, 0.4) is 0 Å². The van der Waals surface area contributed by atoms with E-state index in [1.54, 1.807) is 0 Å². The minimum atomic E-state index is -0.338. The number of hydrogen-bond donors (Lipinski definition) is 1. The predicted molar refractivity (Wildman–Crippen MR) is 82.7 cm³/mol. The van der Waals surface area contributed by atoms with Crippen LogP contribution in [-0.2, 0) is 4.74 Å². The fourth-order valence-electron chi connectivity index (χ4n) is 2.84. The zero-order chi connectivity index (χ0) is 15.6. The van der Waals surface area contributed by atoms with E-state index in [0.717, 1.165) is 11.1 Å². The summed E-state index contributed by atoms with van der Waals surface area (Å²) >= 11 is 0. The van der Waals surface area contributed by atoms with E-state index >= 15 is 0 Å². The van der Waals surface area contributed by atoms with Crippen LogP contribution < -0.4 is 0 Å². The Morgan fingerprint density at radius 1 is 1.38 bits per heavy atom. The van der Waals surface area contributed by atoms with Crippen LogP contribution in [0.2, 0.25) is 0 Å². The lowest BCUT2D eigenvalue weighted by atomic mass is 10.0. The first kappa shape index (κ1) is 16.1. The minimum absolute atomic E-state index is 0.0161. The molecule has 21 heavy (non-hydrogen) atoms. The SMILES string of the molecule is Cc1ccc(C(=O)CN2CC(CO)OC(C)(C)C2)cc1C. The van der Waals surface area contributed by atoms with Crippen LogP contribution in [0.1, 0.15) is 35.3 Å². The van der Waals surface area contributed by atoms with Crippen molar-refractivity contribution >= 4 is 5.78 Å². The van der Waals surface area contributed by atoms with Gasteiger partial charge in [-0.1, -0.05) is 12.1 Å². The molecule has 1 aromatic rings. The molecule has 0 spiro atoms. The van der Waals surface area contributed by atoms with Crippen LogP contribution in [0.4, 0.5) is 0 Å². The number of nitrogens with zero attached hydrogens (tertiary/aromatic N) is 1. The van der Waals surface area contributed by atoms with Crippen LogP contribution in [0.15, 0.2) is 18.2 Å². The van der Waals surface area contributed by atoms with Crippen LogP contribution in [0.5, 0.6) is 0 Å². The normalized spacial score (nSPS) is 22.2. The molecule has 0 amide bonds. The maximum Gasteiger partial charge on any atom is 0.176 e. The maximum atomic E-state index is 12.4. The highest BCUT2D eigenvalue weighted by Gasteiger charge is 2.33. The third-order valence-electron chi connectivity index (χ3n) is 3.95. The third kappa shape index (κ3) is 4.13. The first-order valence-electron chi connectivity index (χ1n) is 7.42. The van der Waals surface area contributed by atoms with Gasteiger partial charge < -0.3 is 9.84 Å². The monoisotopic (exact) mass is 291 g/mol. The number of Topliss-reactive ketones (excluding diaryl/α,β-unsaturated/α-hetero) is 1. The molecule has 1 aliphatic heterocycles. The van der Waals surface area contributed by atoms with Gasteiger partial charge in [-0.2, -0.15) is 0 Å². The number of ketones is 1. The molecule has 0 radical (unpaired) electrons. The molecule has 0 aliphatic carbocycles. The average Bonchev–Trinajstić information content (AvgIpc) is 2.39. The highest BCUT2D eigenvalue weighted by molar-refractivity contribution is 5.97. The molecule has 1 aliphatic rings. The summed E-state index contributed by atoms with van der Waals surface area (Å²) in [7, 11) is 0. The number of aliphatic hydroxyl groups is 1. The lowest BCUT2D eigenvalue weighted by Gasteiger charge is -2.42. The molecule has 0 bridgehead atoms. The highest BCUT2D eigenvalue weighted by Crippen LogP contribution is 2.21. The Kier molecular flexibility index (Phi) is 4.81. The van der Waals surface area contributed by atoms with Gasteiger partial charge in [0, 0.05) is 18.7 Å². The quantitative estimate of drug-likeness (QED) is 0.862. The van der Waals surface area contributed by atoms with Gasteiger partial charge in [-0.3, -0.25) is 9.69 Å². The first-order valence-corrected chi connectivity index (χ1v) is 7.42. The molecule has 1 N–H and O–H groups in total. The van der Waals surface area contributed by atoms with Gasteiger partial charge in [0.1, 0.15) is 0 Å². The molecule has 1 unspecified atom stereocenters. The van der Waals surface area contributed by atoms with E-state index in [-0.39, 0.29) is 24.1 Å². The zero-order valence-electron chi connectivity index (χ0n) is 13.3. The van der Waals surface area contributed by atoms with Gasteiger partial charge in [-0.05, 0) is 44.9 Å². The molecule has 116 valence electrons. The van der Waals surface area contributed by atoms with Crippen LogP contribution in [0.25, 0.3) is 0 Å². The Labute approximate surface area is 126 Å². The number of carbonyl (C=O) groups is 1. The van der Waals surface area contributed by atoms with Gasteiger partial charge >= 0.3 is 0 Å². The van der Waals surface area contributed by atoms with Crippen molar-refractivity contribution in [3.63, 3.8) is 0 Å². The molecular formula is C17H25NO3. The molecule has 4 heteroatoms. The largest absolute Gasteiger partial charge is 0.394 e. The molecule has 1 atom stereocenters. The van der Waals surface area contributed by atoms with Gasteiger partial charge in [-0.15, -0.1) is 0 Å². The molecule has 1 saturated heterocycles. The van der Waals surface area contributed by atoms with E-state index in [9.17, 15) is 9.90 Å². The number of morpholine rings is 1. The summed E-state index contributed by atoms with van der Waals surface area (Å²) in [6.07, 6.45) is -0.221. The van der Waals surface area contributed by atoms with Gasteiger partial charge in [0.05, 0.1) is 24.9 Å². The third-order valence-corrected chi connectivity index (χ3v) is 3.95. The van der Waals surface area contributed by atoms with Crippen LogP contribution in [0, 0.1) is 13.8 Å². The number of carbonyl (C=O) groups excluding carboxylic acids is 1. The lowest BCUT2D eigenvalue weighted by Crippen LogP contribution is -2.54. The van der Waals surface area contributed by atoms with Crippen molar-refractivity contribution in [3.8, 4) is 0 Å². The van der Waals surface area contributed by atoms with Gasteiger partial charge in [0.15, 0.2) is 5.78 Å². The number of rotatable bonds is 4. The van der Waals surface area contributed by atoms with E-state index in [4.69, 9.17) is 4.74 Å². The summed E-state index contributed by atoms with van der Waals surface area (Å²) < 4.78 is 5.77. The van der Waals surface area contributed by atoms with E-state index in [1.807, 2.05) is 45.9 Å². The lowest BCUT2D eigenvalue weighted by molar-refractivity contribution is -0.146. The average molecular weight is 291 g/mol. The van der Waals surface area contributed by atoms with E-state index in [0.29, 0.717) is 19.6 Å². The van der Waals surface area contributed by atoms with Crippen molar-refractivity contribution < 1.29 is 14.6 Å². The van der Waals surface area contributed by atoms with Crippen molar-refractivity contribution in [1.29, 1.82) is 0 Å². The number of hydrogen-bond acceptors (Lipinski definition) is 4. The summed E-state index contributed by atoms with van der Waals surface area (Å²) in [5.74, 6) is 0.118. The standard InChI is InChI=1S/C17H25NO3/c1-12-5-6-14(7-13(12)2)16(20)9-18-8-15(10-19)21-17(3,4)11-18/h5-7,15,19H,8-11H2,1-4H3. The second-order valence-corrected chi connectivity index (χ2v) is 6.57. The highest BCUT2D eigenvalue weighted by atomic mass is 16.5. The topological polar surface area (TPSA) is 49.8 Å². The Balaban J connectivity index is 2.06. The van der Waals surface area contributed by atoms with E-state index < -0.39 is 0 Å². The second kappa shape index (κ2) is 6.26. The molecule has 2 rings (SSSR count). The molecule has 0 saturated carbocycles. The number of aryl methyl sites for hydroxylation is 2. The van der Waals surface area contributed by atoms with Gasteiger partial charge in [0.2, 0.25) is 0 Å². The summed E-state index contributed by atoms with van der Waals surface area (Å²) in [5.41, 5.74) is 2.74. The van der Waals surface area contributed by atoms with Gasteiger partial charge in [0.25, 0.3) is 0 Å². The predicted octanol–water partition coefficient (Wildman–Crippen LogP) is 1.96. The summed E-state index contributed by atoms with van der Waals surface area (Å²) in [4.78, 5) is 14.5. The fraction of sp³-hybridized carbons (Fsp3) is 0.588. The molecule has 1 fully saturated rings. The maximum absolute atomic E-state index is 12.4.